The molecule has 182 valence electrons. The number of ether oxygens (including phenoxy) is 1. The van der Waals surface area contributed by atoms with Gasteiger partial charge in [-0.3, -0.25) is 0 Å². The molecule has 0 unspecified atom stereocenters. The Hall–Kier alpha value is -4.43. The molecule has 2 nitrogen and oxygen atoms in total. The molecule has 5 aromatic rings. The van der Waals surface area contributed by atoms with Crippen LogP contribution in [0.25, 0.3) is 44.5 Å². The highest BCUT2D eigenvalue weighted by atomic mass is 16.5. The Morgan fingerprint density at radius 1 is 0.514 bits per heavy atom. The summed E-state index contributed by atoms with van der Waals surface area (Å²) in [6.45, 7) is 4.30. The minimum Gasteiger partial charge on any atom is -0.462 e. The van der Waals surface area contributed by atoms with E-state index in [-0.39, 0.29) is 5.97 Å². The molecule has 0 saturated carbocycles. The fourth-order valence-corrected chi connectivity index (χ4v) is 5.19. The van der Waals surface area contributed by atoms with E-state index in [1.165, 1.54) is 0 Å². The number of carbonyl (C=O) groups excluding carboxylic acids is 1. The van der Waals surface area contributed by atoms with E-state index in [2.05, 4.69) is 91.9 Å². The third kappa shape index (κ3) is 4.71. The predicted molar refractivity (Wildman–Crippen MR) is 154 cm³/mol. The largest absolute Gasteiger partial charge is 0.462 e. The first kappa shape index (κ1) is 24.3. The highest BCUT2D eigenvalue weighted by molar-refractivity contribution is 6.12. The SMILES string of the molecule is CCOC(=O)c1c(CC)c(-c2ccccc2)c(-c2ccccc2)c(-c2ccccc2)c1-c1ccccc1. The molecular formula is C35H30O2. The molecule has 0 radical (unpaired) electrons. The van der Waals surface area contributed by atoms with Gasteiger partial charge in [0.1, 0.15) is 0 Å². The maximum atomic E-state index is 13.8. The maximum Gasteiger partial charge on any atom is 0.339 e. The van der Waals surface area contributed by atoms with E-state index in [1.54, 1.807) is 0 Å². The molecule has 0 fully saturated rings. The van der Waals surface area contributed by atoms with E-state index in [0.29, 0.717) is 18.6 Å². The summed E-state index contributed by atoms with van der Waals surface area (Å²) in [4.78, 5) is 13.8. The third-order valence-electron chi connectivity index (χ3n) is 6.69. The zero-order chi connectivity index (χ0) is 25.6. The van der Waals surface area contributed by atoms with Crippen molar-refractivity contribution in [3.05, 3.63) is 132 Å². The Labute approximate surface area is 219 Å². The van der Waals surface area contributed by atoms with Gasteiger partial charge in [0, 0.05) is 5.56 Å². The van der Waals surface area contributed by atoms with Crippen LogP contribution in [0.2, 0.25) is 0 Å². The van der Waals surface area contributed by atoms with Gasteiger partial charge in [-0.15, -0.1) is 0 Å². The summed E-state index contributed by atoms with van der Waals surface area (Å²) in [5.41, 5.74) is 10.1. The van der Waals surface area contributed by atoms with E-state index in [0.717, 1.165) is 50.1 Å². The molecule has 0 N–H and O–H groups in total. The Bertz CT molecular complexity index is 1490. The first-order valence-electron chi connectivity index (χ1n) is 12.9. The first-order chi connectivity index (χ1) is 18.2. The lowest BCUT2D eigenvalue weighted by Gasteiger charge is -2.27. The van der Waals surface area contributed by atoms with E-state index in [9.17, 15) is 4.79 Å². The maximum absolute atomic E-state index is 13.8. The number of hydrogen-bond donors (Lipinski definition) is 0. The lowest BCUT2D eigenvalue weighted by molar-refractivity contribution is 0.0526. The van der Waals surface area contributed by atoms with Gasteiger partial charge in [-0.05, 0) is 57.9 Å². The summed E-state index contributed by atoms with van der Waals surface area (Å²) in [6.07, 6.45) is 0.688. The average molecular weight is 483 g/mol. The summed E-state index contributed by atoms with van der Waals surface area (Å²) < 4.78 is 5.72. The molecule has 0 spiro atoms. The summed E-state index contributed by atoms with van der Waals surface area (Å²) in [7, 11) is 0. The van der Waals surface area contributed by atoms with Gasteiger partial charge in [0.25, 0.3) is 0 Å². The van der Waals surface area contributed by atoms with Crippen LogP contribution in [0.15, 0.2) is 121 Å². The van der Waals surface area contributed by atoms with E-state index < -0.39 is 0 Å². The van der Waals surface area contributed by atoms with Gasteiger partial charge in [-0.25, -0.2) is 4.79 Å². The Morgan fingerprint density at radius 3 is 1.24 bits per heavy atom. The Kier molecular flexibility index (Phi) is 7.28. The van der Waals surface area contributed by atoms with Crippen molar-refractivity contribution in [2.24, 2.45) is 0 Å². The highest BCUT2D eigenvalue weighted by Gasteiger charge is 2.30. The number of rotatable bonds is 7. The van der Waals surface area contributed by atoms with Crippen LogP contribution in [0.5, 0.6) is 0 Å². The van der Waals surface area contributed by atoms with Crippen molar-refractivity contribution in [3.8, 4) is 44.5 Å². The number of esters is 1. The fourth-order valence-electron chi connectivity index (χ4n) is 5.19. The van der Waals surface area contributed by atoms with Crippen molar-refractivity contribution in [1.29, 1.82) is 0 Å². The van der Waals surface area contributed by atoms with Crippen molar-refractivity contribution in [2.45, 2.75) is 20.3 Å². The van der Waals surface area contributed by atoms with Crippen molar-refractivity contribution < 1.29 is 9.53 Å². The second-order valence-corrected chi connectivity index (χ2v) is 8.89. The molecule has 0 amide bonds. The number of benzene rings is 5. The van der Waals surface area contributed by atoms with E-state index in [4.69, 9.17) is 4.74 Å². The van der Waals surface area contributed by atoms with Gasteiger partial charge in [0.05, 0.1) is 12.2 Å². The van der Waals surface area contributed by atoms with Crippen LogP contribution in [0, 0.1) is 0 Å². The molecule has 37 heavy (non-hydrogen) atoms. The van der Waals surface area contributed by atoms with E-state index >= 15 is 0 Å². The van der Waals surface area contributed by atoms with Gasteiger partial charge >= 0.3 is 5.97 Å². The molecule has 0 heterocycles. The summed E-state index contributed by atoms with van der Waals surface area (Å²) in [6, 6.07) is 41.5. The van der Waals surface area contributed by atoms with Gasteiger partial charge < -0.3 is 4.74 Å². The van der Waals surface area contributed by atoms with Crippen LogP contribution in [0.3, 0.4) is 0 Å². The normalized spacial score (nSPS) is 10.8. The zero-order valence-corrected chi connectivity index (χ0v) is 21.3. The van der Waals surface area contributed by atoms with Crippen LogP contribution in [0.4, 0.5) is 0 Å². The van der Waals surface area contributed by atoms with Crippen molar-refractivity contribution >= 4 is 5.97 Å². The minimum absolute atomic E-state index is 0.285. The molecule has 5 aromatic carbocycles. The quantitative estimate of drug-likeness (QED) is 0.216. The molecule has 0 bridgehead atoms. The minimum atomic E-state index is -0.285. The summed E-state index contributed by atoms with van der Waals surface area (Å²) in [5.74, 6) is -0.285. The second-order valence-electron chi connectivity index (χ2n) is 8.89. The predicted octanol–water partition coefficient (Wildman–Crippen LogP) is 9.09. The van der Waals surface area contributed by atoms with Crippen LogP contribution in [-0.4, -0.2) is 12.6 Å². The molecular weight excluding hydrogens is 452 g/mol. The average Bonchev–Trinajstić information content (AvgIpc) is 2.97. The first-order valence-corrected chi connectivity index (χ1v) is 12.9. The highest BCUT2D eigenvalue weighted by Crippen LogP contribution is 2.50. The molecule has 2 heteroatoms. The molecule has 5 rings (SSSR count). The van der Waals surface area contributed by atoms with Crippen LogP contribution < -0.4 is 0 Å². The molecule has 0 saturated heterocycles. The standard InChI is InChI=1S/C35H30O2/c1-3-29-30(25-17-9-5-10-18-25)31(26-19-11-6-12-20-26)32(27-21-13-7-14-22-27)33(28-23-15-8-16-24-28)34(29)35(36)37-4-2/h5-24H,3-4H2,1-2H3. The molecule has 0 aliphatic rings. The second kappa shape index (κ2) is 11.1. The van der Waals surface area contributed by atoms with Crippen LogP contribution >= 0.6 is 0 Å². The zero-order valence-electron chi connectivity index (χ0n) is 21.3. The fraction of sp³-hybridized carbons (Fsp3) is 0.114. The van der Waals surface area contributed by atoms with Crippen LogP contribution in [0.1, 0.15) is 29.8 Å². The molecule has 0 aromatic heterocycles. The smallest absolute Gasteiger partial charge is 0.339 e. The monoisotopic (exact) mass is 482 g/mol. The molecule has 0 aliphatic carbocycles. The van der Waals surface area contributed by atoms with Crippen molar-refractivity contribution in [3.63, 3.8) is 0 Å². The Balaban J connectivity index is 2.07. The van der Waals surface area contributed by atoms with E-state index in [1.807, 2.05) is 43.3 Å². The van der Waals surface area contributed by atoms with Gasteiger partial charge in [-0.2, -0.15) is 0 Å². The topological polar surface area (TPSA) is 26.3 Å². The van der Waals surface area contributed by atoms with Gasteiger partial charge in [0.2, 0.25) is 0 Å². The molecule has 0 atom stereocenters. The van der Waals surface area contributed by atoms with Crippen molar-refractivity contribution in [2.75, 3.05) is 6.61 Å². The van der Waals surface area contributed by atoms with Crippen LogP contribution in [-0.2, 0) is 11.2 Å². The lowest BCUT2D eigenvalue weighted by atomic mass is 9.76. The lowest BCUT2D eigenvalue weighted by Crippen LogP contribution is -2.13. The molecule has 0 aliphatic heterocycles. The third-order valence-corrected chi connectivity index (χ3v) is 6.69. The Morgan fingerprint density at radius 2 is 0.865 bits per heavy atom. The van der Waals surface area contributed by atoms with Crippen molar-refractivity contribution in [1.82, 2.24) is 0 Å². The number of carbonyl (C=O) groups is 1. The summed E-state index contributed by atoms with van der Waals surface area (Å²) in [5, 5.41) is 0. The number of hydrogen-bond acceptors (Lipinski definition) is 2. The summed E-state index contributed by atoms with van der Waals surface area (Å²) >= 11 is 0. The van der Waals surface area contributed by atoms with Gasteiger partial charge in [0.15, 0.2) is 0 Å². The van der Waals surface area contributed by atoms with Gasteiger partial charge in [-0.1, -0.05) is 128 Å².